The number of aromatic nitrogens is 4. The van der Waals surface area contributed by atoms with Gasteiger partial charge in [0.2, 0.25) is 0 Å². The predicted octanol–water partition coefficient (Wildman–Crippen LogP) is 3.33. The number of ether oxygens (including phenoxy) is 1. The summed E-state index contributed by atoms with van der Waals surface area (Å²) in [6.45, 7) is 6.48. The van der Waals surface area contributed by atoms with Crippen LogP contribution in [-0.2, 0) is 11.3 Å². The molecule has 4 rings (SSSR count). The lowest BCUT2D eigenvalue weighted by molar-refractivity contribution is 0.171. The standard InChI is InChI=1S/C22H26ClFN6O/c1-16-3-6-18(23)15-20(16)28-9-11-29(12-10-28)21(17-4-7-19(24)8-5-17)22-25-26-27-30(22)13-14-31-2/h3-8,15,21H,9-14H2,1-2H3. The van der Waals surface area contributed by atoms with Crippen molar-refractivity contribution in [2.75, 3.05) is 44.8 Å². The molecular weight excluding hydrogens is 419 g/mol. The lowest BCUT2D eigenvalue weighted by Crippen LogP contribution is -2.48. The summed E-state index contributed by atoms with van der Waals surface area (Å²) in [7, 11) is 1.65. The van der Waals surface area contributed by atoms with E-state index in [-0.39, 0.29) is 11.9 Å². The van der Waals surface area contributed by atoms with Crippen LogP contribution in [0.1, 0.15) is 23.0 Å². The molecule has 7 nitrogen and oxygen atoms in total. The van der Waals surface area contributed by atoms with Crippen LogP contribution in [0.25, 0.3) is 0 Å². The molecule has 0 spiro atoms. The highest BCUT2D eigenvalue weighted by atomic mass is 35.5. The van der Waals surface area contributed by atoms with Crippen LogP contribution in [0, 0.1) is 12.7 Å². The number of nitrogens with zero attached hydrogens (tertiary/aromatic N) is 6. The van der Waals surface area contributed by atoms with Crippen LogP contribution in [-0.4, -0.2) is 65.0 Å². The number of anilines is 1. The van der Waals surface area contributed by atoms with Crippen molar-refractivity contribution >= 4 is 17.3 Å². The minimum absolute atomic E-state index is 0.171. The lowest BCUT2D eigenvalue weighted by Gasteiger charge is -2.40. The summed E-state index contributed by atoms with van der Waals surface area (Å²) in [6.07, 6.45) is 0. The van der Waals surface area contributed by atoms with Gasteiger partial charge in [0.25, 0.3) is 0 Å². The Labute approximate surface area is 186 Å². The molecule has 0 amide bonds. The largest absolute Gasteiger partial charge is 0.383 e. The number of hydrogen-bond acceptors (Lipinski definition) is 6. The Hall–Kier alpha value is -2.55. The molecule has 9 heteroatoms. The van der Waals surface area contributed by atoms with Crippen molar-refractivity contribution in [2.45, 2.75) is 19.5 Å². The van der Waals surface area contributed by atoms with Crippen molar-refractivity contribution in [3.8, 4) is 0 Å². The SMILES string of the molecule is COCCn1nnnc1C(c1ccc(F)cc1)N1CCN(c2cc(Cl)ccc2C)CC1. The number of tetrazole rings is 1. The van der Waals surface area contributed by atoms with Gasteiger partial charge in [-0.05, 0) is 52.7 Å². The second kappa shape index (κ2) is 9.72. The summed E-state index contributed by atoms with van der Waals surface area (Å²) in [5, 5.41) is 13.1. The van der Waals surface area contributed by atoms with Gasteiger partial charge in [0.15, 0.2) is 5.82 Å². The topological polar surface area (TPSA) is 59.3 Å². The Morgan fingerprint density at radius 2 is 1.84 bits per heavy atom. The lowest BCUT2D eigenvalue weighted by atomic mass is 10.0. The summed E-state index contributed by atoms with van der Waals surface area (Å²) < 4.78 is 20.6. The molecule has 0 radical (unpaired) electrons. The van der Waals surface area contributed by atoms with Gasteiger partial charge in [0, 0.05) is 44.0 Å². The van der Waals surface area contributed by atoms with Gasteiger partial charge in [-0.25, -0.2) is 9.07 Å². The van der Waals surface area contributed by atoms with Crippen molar-refractivity contribution in [3.05, 3.63) is 70.3 Å². The average Bonchev–Trinajstić information content (AvgIpc) is 3.24. The van der Waals surface area contributed by atoms with Gasteiger partial charge < -0.3 is 9.64 Å². The summed E-state index contributed by atoms with van der Waals surface area (Å²) in [6, 6.07) is 12.4. The maximum absolute atomic E-state index is 13.6. The highest BCUT2D eigenvalue weighted by molar-refractivity contribution is 6.30. The van der Waals surface area contributed by atoms with Crippen LogP contribution in [0.5, 0.6) is 0 Å². The molecular formula is C22H26ClFN6O. The number of benzene rings is 2. The smallest absolute Gasteiger partial charge is 0.173 e. The third-order valence-electron chi connectivity index (χ3n) is 5.69. The van der Waals surface area contributed by atoms with Crippen LogP contribution in [0.15, 0.2) is 42.5 Å². The number of rotatable bonds is 7. The van der Waals surface area contributed by atoms with E-state index in [9.17, 15) is 4.39 Å². The highest BCUT2D eigenvalue weighted by Crippen LogP contribution is 2.31. The van der Waals surface area contributed by atoms with E-state index >= 15 is 0 Å². The van der Waals surface area contributed by atoms with E-state index in [0.29, 0.717) is 13.2 Å². The molecule has 0 aliphatic carbocycles. The molecule has 1 aliphatic rings. The normalized spacial score (nSPS) is 15.9. The Morgan fingerprint density at radius 3 is 2.55 bits per heavy atom. The molecule has 31 heavy (non-hydrogen) atoms. The fourth-order valence-corrected chi connectivity index (χ4v) is 4.22. The first-order valence-corrected chi connectivity index (χ1v) is 10.7. The minimum atomic E-state index is -0.261. The third-order valence-corrected chi connectivity index (χ3v) is 5.92. The van der Waals surface area contributed by atoms with E-state index in [1.807, 2.05) is 24.3 Å². The fraction of sp³-hybridized carbons (Fsp3) is 0.409. The van der Waals surface area contributed by atoms with Crippen LogP contribution in [0.4, 0.5) is 10.1 Å². The predicted molar refractivity (Wildman–Crippen MR) is 118 cm³/mol. The van der Waals surface area contributed by atoms with Gasteiger partial charge in [-0.2, -0.15) is 0 Å². The monoisotopic (exact) mass is 444 g/mol. The fourth-order valence-electron chi connectivity index (χ4n) is 4.06. The summed E-state index contributed by atoms with van der Waals surface area (Å²) in [5.74, 6) is 0.471. The van der Waals surface area contributed by atoms with Gasteiger partial charge in [-0.3, -0.25) is 4.90 Å². The number of halogens is 2. The molecule has 1 aromatic heterocycles. The first kappa shape index (κ1) is 21.7. The molecule has 2 aromatic carbocycles. The van der Waals surface area contributed by atoms with E-state index < -0.39 is 0 Å². The van der Waals surface area contributed by atoms with Gasteiger partial charge >= 0.3 is 0 Å². The van der Waals surface area contributed by atoms with Crippen molar-refractivity contribution < 1.29 is 9.13 Å². The number of methoxy groups -OCH3 is 1. The van der Waals surface area contributed by atoms with E-state index in [1.54, 1.807) is 11.8 Å². The van der Waals surface area contributed by atoms with Crippen LogP contribution in [0.3, 0.4) is 0 Å². The van der Waals surface area contributed by atoms with Crippen LogP contribution in [0.2, 0.25) is 5.02 Å². The van der Waals surface area contributed by atoms with Crippen molar-refractivity contribution in [3.63, 3.8) is 0 Å². The van der Waals surface area contributed by atoms with Gasteiger partial charge in [0.1, 0.15) is 5.82 Å². The number of hydrogen-bond donors (Lipinski definition) is 0. The summed E-state index contributed by atoms with van der Waals surface area (Å²) in [4.78, 5) is 4.70. The Balaban J connectivity index is 1.59. The van der Waals surface area contributed by atoms with Crippen LogP contribution >= 0.6 is 11.6 Å². The van der Waals surface area contributed by atoms with Gasteiger partial charge in [-0.1, -0.05) is 29.8 Å². The van der Waals surface area contributed by atoms with E-state index in [1.165, 1.54) is 17.7 Å². The zero-order valence-electron chi connectivity index (χ0n) is 17.7. The van der Waals surface area contributed by atoms with E-state index in [0.717, 1.165) is 48.3 Å². The van der Waals surface area contributed by atoms with Gasteiger partial charge in [0.05, 0.1) is 19.2 Å². The van der Waals surface area contributed by atoms with E-state index in [2.05, 4.69) is 38.3 Å². The second-order valence-electron chi connectivity index (χ2n) is 7.66. The van der Waals surface area contributed by atoms with Crippen molar-refractivity contribution in [1.82, 2.24) is 25.1 Å². The molecule has 1 atom stereocenters. The first-order chi connectivity index (χ1) is 15.1. The highest BCUT2D eigenvalue weighted by Gasteiger charge is 2.31. The molecule has 3 aromatic rings. The van der Waals surface area contributed by atoms with Crippen LogP contribution < -0.4 is 4.90 Å². The van der Waals surface area contributed by atoms with Crippen molar-refractivity contribution in [1.29, 1.82) is 0 Å². The molecule has 1 unspecified atom stereocenters. The molecule has 0 N–H and O–H groups in total. The second-order valence-corrected chi connectivity index (χ2v) is 8.10. The quantitative estimate of drug-likeness (QED) is 0.557. The summed E-state index contributed by atoms with van der Waals surface area (Å²) in [5.41, 5.74) is 3.33. The molecule has 1 fully saturated rings. The molecule has 1 aliphatic heterocycles. The average molecular weight is 445 g/mol. The number of aryl methyl sites for hydroxylation is 1. The van der Waals surface area contributed by atoms with E-state index in [4.69, 9.17) is 16.3 Å². The Morgan fingerprint density at radius 1 is 1.10 bits per heavy atom. The molecule has 0 bridgehead atoms. The number of piperazine rings is 1. The molecule has 164 valence electrons. The first-order valence-electron chi connectivity index (χ1n) is 10.3. The molecule has 1 saturated heterocycles. The zero-order valence-corrected chi connectivity index (χ0v) is 18.5. The third kappa shape index (κ3) is 4.87. The van der Waals surface area contributed by atoms with Crippen molar-refractivity contribution in [2.24, 2.45) is 0 Å². The Kier molecular flexibility index (Phi) is 6.80. The molecule has 2 heterocycles. The maximum Gasteiger partial charge on any atom is 0.173 e. The summed E-state index contributed by atoms with van der Waals surface area (Å²) >= 11 is 6.23. The van der Waals surface area contributed by atoms with Gasteiger partial charge in [-0.15, -0.1) is 5.10 Å². The maximum atomic E-state index is 13.6. The minimum Gasteiger partial charge on any atom is -0.383 e. The zero-order chi connectivity index (χ0) is 21.8. The molecule has 0 saturated carbocycles. The Bertz CT molecular complexity index is 1000.